The normalized spacial score (nSPS) is 24.4. The molecule has 3 rings (SSSR count). The first-order chi connectivity index (χ1) is 11.2. The number of pyridine rings is 1. The maximum Gasteiger partial charge on any atom is 0.145 e. The number of nitriles is 1. The van der Waals surface area contributed by atoms with Crippen LogP contribution in [0.5, 0.6) is 0 Å². The summed E-state index contributed by atoms with van der Waals surface area (Å²) in [6, 6.07) is 16.9. The van der Waals surface area contributed by atoms with Crippen LogP contribution in [-0.2, 0) is 17.0 Å². The first-order valence-electron chi connectivity index (χ1n) is 7.96. The van der Waals surface area contributed by atoms with E-state index in [2.05, 4.69) is 47.1 Å². The predicted octanol–water partition coefficient (Wildman–Crippen LogP) is 3.46. The second-order valence-electron chi connectivity index (χ2n) is 5.99. The molecule has 1 aliphatic rings. The van der Waals surface area contributed by atoms with Gasteiger partial charge in [0.05, 0.1) is 12.7 Å². The van der Waals surface area contributed by atoms with E-state index in [-0.39, 0.29) is 6.04 Å². The Balaban J connectivity index is 1.90. The molecule has 2 atom stereocenters. The van der Waals surface area contributed by atoms with E-state index in [1.165, 1.54) is 5.56 Å². The summed E-state index contributed by atoms with van der Waals surface area (Å²) < 4.78 is 6.21. The molecule has 118 valence electrons. The van der Waals surface area contributed by atoms with E-state index in [4.69, 9.17) is 10.00 Å². The van der Waals surface area contributed by atoms with Crippen molar-refractivity contribution >= 4 is 0 Å². The van der Waals surface area contributed by atoms with Gasteiger partial charge in [-0.05, 0) is 31.0 Å². The Labute approximate surface area is 137 Å². The smallest absolute Gasteiger partial charge is 0.145 e. The van der Waals surface area contributed by atoms with Gasteiger partial charge in [0.25, 0.3) is 0 Å². The standard InChI is InChI=1S/C19H21N3O/c1-19(17-9-12-21-13-10-17)22(14-16-6-3-2-4-7-16)18(15-23-19)8-5-11-20/h2-4,6-7,9-10,12-13,18H,5,8,14-15H2,1H3. The van der Waals surface area contributed by atoms with Gasteiger partial charge in [0, 0.05) is 37.0 Å². The molecule has 2 heterocycles. The number of benzene rings is 1. The summed E-state index contributed by atoms with van der Waals surface area (Å²) in [6.07, 6.45) is 4.97. The van der Waals surface area contributed by atoms with Gasteiger partial charge in [-0.3, -0.25) is 9.88 Å². The first kappa shape index (κ1) is 15.7. The highest BCUT2D eigenvalue weighted by Crippen LogP contribution is 2.39. The summed E-state index contributed by atoms with van der Waals surface area (Å²) in [5.74, 6) is 0. The van der Waals surface area contributed by atoms with Crippen LogP contribution < -0.4 is 0 Å². The Morgan fingerprint density at radius 2 is 2.00 bits per heavy atom. The molecule has 4 heteroatoms. The van der Waals surface area contributed by atoms with Crippen LogP contribution >= 0.6 is 0 Å². The quantitative estimate of drug-likeness (QED) is 0.849. The number of nitrogens with zero attached hydrogens (tertiary/aromatic N) is 3. The Kier molecular flexibility index (Phi) is 4.71. The predicted molar refractivity (Wildman–Crippen MR) is 88.2 cm³/mol. The molecule has 0 bridgehead atoms. The molecule has 0 radical (unpaired) electrons. The second-order valence-corrected chi connectivity index (χ2v) is 5.99. The molecule has 1 aromatic carbocycles. The summed E-state index contributed by atoms with van der Waals surface area (Å²) in [4.78, 5) is 6.48. The highest BCUT2D eigenvalue weighted by molar-refractivity contribution is 5.22. The van der Waals surface area contributed by atoms with Crippen LogP contribution in [0.2, 0.25) is 0 Å². The molecule has 2 unspecified atom stereocenters. The maximum absolute atomic E-state index is 8.93. The fraction of sp³-hybridized carbons (Fsp3) is 0.368. The molecule has 2 aromatic rings. The molecule has 4 nitrogen and oxygen atoms in total. The van der Waals surface area contributed by atoms with E-state index in [1.54, 1.807) is 12.4 Å². The lowest BCUT2D eigenvalue weighted by Gasteiger charge is -2.37. The Hall–Kier alpha value is -2.22. The number of rotatable bonds is 5. The van der Waals surface area contributed by atoms with Gasteiger partial charge >= 0.3 is 0 Å². The third-order valence-corrected chi connectivity index (χ3v) is 4.55. The second kappa shape index (κ2) is 6.91. The summed E-state index contributed by atoms with van der Waals surface area (Å²) in [7, 11) is 0. The van der Waals surface area contributed by atoms with Crippen molar-refractivity contribution in [3.63, 3.8) is 0 Å². The molecule has 0 saturated carbocycles. The molecule has 0 aliphatic carbocycles. The van der Waals surface area contributed by atoms with Crippen molar-refractivity contribution in [1.82, 2.24) is 9.88 Å². The number of ether oxygens (including phenoxy) is 1. The third kappa shape index (κ3) is 3.26. The molecule has 0 amide bonds. The zero-order valence-corrected chi connectivity index (χ0v) is 13.4. The fourth-order valence-electron chi connectivity index (χ4n) is 3.22. The molecular formula is C19H21N3O. The van der Waals surface area contributed by atoms with Crippen LogP contribution in [0.15, 0.2) is 54.9 Å². The van der Waals surface area contributed by atoms with Gasteiger partial charge in [-0.1, -0.05) is 30.3 Å². The summed E-state index contributed by atoms with van der Waals surface area (Å²) in [5.41, 5.74) is 1.86. The van der Waals surface area contributed by atoms with Gasteiger partial charge in [-0.2, -0.15) is 5.26 Å². The van der Waals surface area contributed by atoms with E-state index in [1.807, 2.05) is 18.2 Å². The monoisotopic (exact) mass is 307 g/mol. The SMILES string of the molecule is CC1(c2ccncc2)OCC(CCC#N)N1Cc1ccccc1. The van der Waals surface area contributed by atoms with E-state index in [9.17, 15) is 0 Å². The largest absolute Gasteiger partial charge is 0.355 e. The third-order valence-electron chi connectivity index (χ3n) is 4.55. The Bertz CT molecular complexity index is 668. The molecule has 1 aliphatic heterocycles. The Morgan fingerprint density at radius 3 is 2.70 bits per heavy atom. The first-order valence-corrected chi connectivity index (χ1v) is 7.96. The minimum absolute atomic E-state index is 0.244. The van der Waals surface area contributed by atoms with Crippen LogP contribution in [0, 0.1) is 11.3 Å². The highest BCUT2D eigenvalue weighted by Gasteiger charge is 2.44. The van der Waals surface area contributed by atoms with Crippen molar-refractivity contribution in [2.24, 2.45) is 0 Å². The average Bonchev–Trinajstić information content (AvgIpc) is 2.92. The topological polar surface area (TPSA) is 49.1 Å². The Morgan fingerprint density at radius 1 is 1.26 bits per heavy atom. The number of hydrogen-bond donors (Lipinski definition) is 0. The molecule has 1 saturated heterocycles. The van der Waals surface area contributed by atoms with Crippen molar-refractivity contribution in [2.75, 3.05) is 6.61 Å². The van der Waals surface area contributed by atoms with E-state index < -0.39 is 5.72 Å². The maximum atomic E-state index is 8.93. The van der Waals surface area contributed by atoms with Crippen molar-refractivity contribution in [3.05, 3.63) is 66.0 Å². The average molecular weight is 307 g/mol. The van der Waals surface area contributed by atoms with E-state index >= 15 is 0 Å². The van der Waals surface area contributed by atoms with Crippen molar-refractivity contribution in [3.8, 4) is 6.07 Å². The summed E-state index contributed by atoms with van der Waals surface area (Å²) in [5, 5.41) is 8.93. The molecule has 1 fully saturated rings. The molecule has 0 N–H and O–H groups in total. The van der Waals surface area contributed by atoms with Crippen molar-refractivity contribution < 1.29 is 4.74 Å². The van der Waals surface area contributed by atoms with Gasteiger partial charge in [0.15, 0.2) is 0 Å². The zero-order valence-electron chi connectivity index (χ0n) is 13.4. The molecule has 1 aromatic heterocycles. The summed E-state index contributed by atoms with van der Waals surface area (Å²) in [6.45, 7) is 3.56. The van der Waals surface area contributed by atoms with Gasteiger partial charge in [-0.15, -0.1) is 0 Å². The van der Waals surface area contributed by atoms with Crippen LogP contribution in [0.1, 0.15) is 30.9 Å². The summed E-state index contributed by atoms with van der Waals surface area (Å²) >= 11 is 0. The highest BCUT2D eigenvalue weighted by atomic mass is 16.5. The zero-order chi connectivity index (χ0) is 16.1. The number of aromatic nitrogens is 1. The minimum atomic E-state index is -0.487. The van der Waals surface area contributed by atoms with E-state index in [0.29, 0.717) is 13.0 Å². The van der Waals surface area contributed by atoms with Crippen molar-refractivity contribution in [2.45, 2.75) is 38.1 Å². The molecule has 0 spiro atoms. The van der Waals surface area contributed by atoms with Crippen molar-refractivity contribution in [1.29, 1.82) is 5.26 Å². The van der Waals surface area contributed by atoms with Crippen LogP contribution in [-0.4, -0.2) is 22.5 Å². The lowest BCUT2D eigenvalue weighted by molar-refractivity contribution is -0.0807. The minimum Gasteiger partial charge on any atom is -0.355 e. The lowest BCUT2D eigenvalue weighted by Crippen LogP contribution is -2.43. The van der Waals surface area contributed by atoms with Gasteiger partial charge < -0.3 is 4.74 Å². The number of hydrogen-bond acceptors (Lipinski definition) is 4. The molecule has 23 heavy (non-hydrogen) atoms. The van der Waals surface area contributed by atoms with E-state index in [0.717, 1.165) is 18.5 Å². The van der Waals surface area contributed by atoms with Crippen LogP contribution in [0.4, 0.5) is 0 Å². The van der Waals surface area contributed by atoms with Gasteiger partial charge in [-0.25, -0.2) is 0 Å². The fourth-order valence-corrected chi connectivity index (χ4v) is 3.22. The van der Waals surface area contributed by atoms with Crippen LogP contribution in [0.3, 0.4) is 0 Å². The molecular weight excluding hydrogens is 286 g/mol. The van der Waals surface area contributed by atoms with Gasteiger partial charge in [0.2, 0.25) is 0 Å². The van der Waals surface area contributed by atoms with Crippen LogP contribution in [0.25, 0.3) is 0 Å². The van der Waals surface area contributed by atoms with Gasteiger partial charge in [0.1, 0.15) is 5.72 Å². The lowest BCUT2D eigenvalue weighted by atomic mass is 10.0.